The summed E-state index contributed by atoms with van der Waals surface area (Å²) in [5.74, 6) is -0.0158. The van der Waals surface area contributed by atoms with E-state index in [4.69, 9.17) is 4.74 Å². The normalized spacial score (nSPS) is 26.3. The van der Waals surface area contributed by atoms with Gasteiger partial charge in [-0.2, -0.15) is 4.31 Å². The first-order valence-electron chi connectivity index (χ1n) is 7.33. The standard InChI is InChI=1S/C15H20N2O4S/c1-10-9-21-11(2)8-17(10)22(19,20)13-4-5-14-12(6-13)7-15(18)16(14)3/h4-6,10-11H,7-9H2,1-3H3. The molecule has 2 heterocycles. The summed E-state index contributed by atoms with van der Waals surface area (Å²) in [6.07, 6.45) is 0.137. The van der Waals surface area contributed by atoms with Gasteiger partial charge in [0.1, 0.15) is 0 Å². The van der Waals surface area contributed by atoms with Gasteiger partial charge in [0.15, 0.2) is 0 Å². The predicted molar refractivity (Wildman–Crippen MR) is 82.3 cm³/mol. The second-order valence-corrected chi connectivity index (χ2v) is 7.88. The zero-order chi connectivity index (χ0) is 16.1. The number of amides is 1. The summed E-state index contributed by atoms with van der Waals surface area (Å²) in [5.41, 5.74) is 1.55. The van der Waals surface area contributed by atoms with Gasteiger partial charge in [-0.05, 0) is 37.6 Å². The quantitative estimate of drug-likeness (QED) is 0.814. The minimum atomic E-state index is -3.58. The monoisotopic (exact) mass is 324 g/mol. The van der Waals surface area contributed by atoms with Crippen LogP contribution >= 0.6 is 0 Å². The first-order valence-corrected chi connectivity index (χ1v) is 8.77. The van der Waals surface area contributed by atoms with Crippen molar-refractivity contribution in [3.63, 3.8) is 0 Å². The summed E-state index contributed by atoms with van der Waals surface area (Å²) < 4.78 is 32.7. The van der Waals surface area contributed by atoms with Crippen molar-refractivity contribution in [3.8, 4) is 0 Å². The number of nitrogens with zero attached hydrogens (tertiary/aromatic N) is 2. The number of morpholine rings is 1. The number of rotatable bonds is 2. The third-order valence-electron chi connectivity index (χ3n) is 4.29. The SMILES string of the molecule is CC1CN(S(=O)(=O)c2ccc3c(c2)CC(=O)N3C)C(C)CO1. The average Bonchev–Trinajstić information content (AvgIpc) is 2.76. The molecule has 1 fully saturated rings. The van der Waals surface area contributed by atoms with Crippen LogP contribution in [0.5, 0.6) is 0 Å². The van der Waals surface area contributed by atoms with E-state index in [0.29, 0.717) is 13.2 Å². The van der Waals surface area contributed by atoms with Gasteiger partial charge in [-0.3, -0.25) is 4.79 Å². The van der Waals surface area contributed by atoms with Gasteiger partial charge in [0.05, 0.1) is 24.0 Å². The van der Waals surface area contributed by atoms with Crippen molar-refractivity contribution in [3.05, 3.63) is 23.8 Å². The Morgan fingerprint density at radius 3 is 2.73 bits per heavy atom. The molecule has 0 spiro atoms. The Morgan fingerprint density at radius 2 is 2.00 bits per heavy atom. The van der Waals surface area contributed by atoms with Gasteiger partial charge in [-0.1, -0.05) is 0 Å². The van der Waals surface area contributed by atoms with Crippen LogP contribution in [0.25, 0.3) is 0 Å². The number of carbonyl (C=O) groups excluding carboxylic acids is 1. The van der Waals surface area contributed by atoms with Crippen molar-refractivity contribution in [2.45, 2.75) is 37.3 Å². The number of benzene rings is 1. The van der Waals surface area contributed by atoms with Crippen molar-refractivity contribution in [1.29, 1.82) is 0 Å². The van der Waals surface area contributed by atoms with Crippen LogP contribution in [-0.2, 0) is 26.0 Å². The molecule has 2 aliphatic heterocycles. The highest BCUT2D eigenvalue weighted by molar-refractivity contribution is 7.89. The summed E-state index contributed by atoms with van der Waals surface area (Å²) in [6.45, 7) is 4.45. The number of carbonyl (C=O) groups is 1. The Labute approximate surface area is 130 Å². The third kappa shape index (κ3) is 2.43. The average molecular weight is 324 g/mol. The molecule has 0 N–H and O–H groups in total. The van der Waals surface area contributed by atoms with Crippen LogP contribution in [0, 0.1) is 0 Å². The highest BCUT2D eigenvalue weighted by Crippen LogP contribution is 2.31. The van der Waals surface area contributed by atoms with Gasteiger partial charge in [-0.15, -0.1) is 0 Å². The summed E-state index contributed by atoms with van der Waals surface area (Å²) in [5, 5.41) is 0. The highest BCUT2D eigenvalue weighted by atomic mass is 32.2. The molecule has 0 aliphatic carbocycles. The lowest BCUT2D eigenvalue weighted by Crippen LogP contribution is -2.50. The maximum Gasteiger partial charge on any atom is 0.243 e. The van der Waals surface area contributed by atoms with E-state index in [2.05, 4.69) is 0 Å². The molecule has 6 nitrogen and oxygen atoms in total. The minimum Gasteiger partial charge on any atom is -0.375 e. The molecule has 1 aromatic rings. The van der Waals surface area contributed by atoms with Gasteiger partial charge >= 0.3 is 0 Å². The predicted octanol–water partition coefficient (Wildman–Crippen LogP) is 1.00. The van der Waals surface area contributed by atoms with E-state index in [1.807, 2.05) is 13.8 Å². The van der Waals surface area contributed by atoms with Crippen molar-refractivity contribution < 1.29 is 17.9 Å². The Kier molecular flexibility index (Phi) is 3.74. The van der Waals surface area contributed by atoms with E-state index in [1.165, 1.54) is 4.31 Å². The van der Waals surface area contributed by atoms with Crippen LogP contribution in [0.2, 0.25) is 0 Å². The Morgan fingerprint density at radius 1 is 1.27 bits per heavy atom. The Balaban J connectivity index is 1.97. The summed E-state index contributed by atoms with van der Waals surface area (Å²) in [7, 11) is -1.87. The Hall–Kier alpha value is -1.44. The molecular formula is C15H20N2O4S. The van der Waals surface area contributed by atoms with E-state index in [0.717, 1.165) is 11.3 Å². The van der Waals surface area contributed by atoms with Crippen LogP contribution in [0.4, 0.5) is 5.69 Å². The van der Waals surface area contributed by atoms with Crippen LogP contribution in [0.15, 0.2) is 23.1 Å². The van der Waals surface area contributed by atoms with Crippen molar-refractivity contribution >= 4 is 21.6 Å². The molecule has 0 radical (unpaired) electrons. The molecule has 0 bridgehead atoms. The highest BCUT2D eigenvalue weighted by Gasteiger charge is 2.35. The fourth-order valence-corrected chi connectivity index (χ4v) is 4.69. The molecule has 1 amide bonds. The van der Waals surface area contributed by atoms with Crippen molar-refractivity contribution in [1.82, 2.24) is 4.31 Å². The van der Waals surface area contributed by atoms with Crippen LogP contribution in [0.3, 0.4) is 0 Å². The molecule has 3 rings (SSSR count). The smallest absolute Gasteiger partial charge is 0.243 e. The third-order valence-corrected chi connectivity index (χ3v) is 6.26. The lowest BCUT2D eigenvalue weighted by molar-refractivity contribution is -0.117. The fourth-order valence-electron chi connectivity index (χ4n) is 2.95. The minimum absolute atomic E-state index is 0.0158. The fraction of sp³-hybridized carbons (Fsp3) is 0.533. The number of ether oxygens (including phenoxy) is 1. The molecule has 0 aromatic heterocycles. The van der Waals surface area contributed by atoms with Gasteiger partial charge in [0.2, 0.25) is 15.9 Å². The molecule has 2 atom stereocenters. The summed E-state index contributed by atoms with van der Waals surface area (Å²) in [6, 6.07) is 4.72. The van der Waals surface area contributed by atoms with Gasteiger partial charge in [0.25, 0.3) is 0 Å². The second-order valence-electron chi connectivity index (χ2n) is 5.99. The van der Waals surface area contributed by atoms with Gasteiger partial charge in [0, 0.05) is 25.3 Å². The van der Waals surface area contributed by atoms with Gasteiger partial charge in [-0.25, -0.2) is 8.42 Å². The van der Waals surface area contributed by atoms with Crippen LogP contribution in [0.1, 0.15) is 19.4 Å². The van der Waals surface area contributed by atoms with E-state index in [-0.39, 0.29) is 29.4 Å². The summed E-state index contributed by atoms with van der Waals surface area (Å²) in [4.78, 5) is 13.5. The van der Waals surface area contributed by atoms with E-state index < -0.39 is 10.0 Å². The molecule has 2 aliphatic rings. The molecule has 120 valence electrons. The maximum atomic E-state index is 12.9. The lowest BCUT2D eigenvalue weighted by atomic mass is 10.2. The second kappa shape index (κ2) is 5.33. The lowest BCUT2D eigenvalue weighted by Gasteiger charge is -2.35. The van der Waals surface area contributed by atoms with Gasteiger partial charge < -0.3 is 9.64 Å². The number of likely N-dealkylation sites (N-methyl/N-ethyl adjacent to an activating group) is 1. The van der Waals surface area contributed by atoms with E-state index in [9.17, 15) is 13.2 Å². The number of hydrogen-bond acceptors (Lipinski definition) is 4. The van der Waals surface area contributed by atoms with Crippen molar-refractivity contribution in [2.24, 2.45) is 0 Å². The molecule has 22 heavy (non-hydrogen) atoms. The zero-order valence-corrected chi connectivity index (χ0v) is 13.8. The number of anilines is 1. The van der Waals surface area contributed by atoms with E-state index in [1.54, 1.807) is 30.1 Å². The molecular weight excluding hydrogens is 304 g/mol. The topological polar surface area (TPSA) is 66.9 Å². The molecule has 2 unspecified atom stereocenters. The summed E-state index contributed by atoms with van der Waals surface area (Å²) >= 11 is 0. The first kappa shape index (κ1) is 15.5. The van der Waals surface area contributed by atoms with Crippen LogP contribution in [-0.4, -0.2) is 51.0 Å². The molecule has 0 saturated carbocycles. The Bertz CT molecular complexity index is 716. The number of hydrogen-bond donors (Lipinski definition) is 0. The number of sulfonamides is 1. The largest absolute Gasteiger partial charge is 0.375 e. The molecule has 1 saturated heterocycles. The van der Waals surface area contributed by atoms with Crippen molar-refractivity contribution in [2.75, 3.05) is 25.1 Å². The zero-order valence-electron chi connectivity index (χ0n) is 12.9. The number of fused-ring (bicyclic) bond motifs is 1. The molecule has 1 aromatic carbocycles. The first-order chi connectivity index (χ1) is 10.3. The van der Waals surface area contributed by atoms with E-state index >= 15 is 0 Å². The maximum absolute atomic E-state index is 12.9. The van der Waals surface area contributed by atoms with Crippen LogP contribution < -0.4 is 4.90 Å². The molecule has 7 heteroatoms.